The van der Waals surface area contributed by atoms with Crippen LogP contribution in [0.4, 0.5) is 0 Å². The molecule has 1 aliphatic rings. The van der Waals surface area contributed by atoms with Crippen LogP contribution < -0.4 is 4.72 Å². The molecule has 190 valence electrons. The second-order valence-electron chi connectivity index (χ2n) is 9.37. The van der Waals surface area contributed by atoms with E-state index in [9.17, 15) is 18.5 Å². The highest BCUT2D eigenvalue weighted by Crippen LogP contribution is 2.29. The first-order valence-corrected chi connectivity index (χ1v) is 13.9. The Hall–Kier alpha value is -3.87. The summed E-state index contributed by atoms with van der Waals surface area (Å²) in [5.41, 5.74) is 2.44. The summed E-state index contributed by atoms with van der Waals surface area (Å²) in [5.74, 6) is 0.145. The maximum Gasteiger partial charge on any atom is 0.241 e. The molecule has 0 spiro atoms. The number of H-pyrrole nitrogens is 1. The first kappa shape index (κ1) is 24.8. The highest BCUT2D eigenvalue weighted by molar-refractivity contribution is 7.89. The molecule has 3 heterocycles. The van der Waals surface area contributed by atoms with Crippen molar-refractivity contribution in [1.82, 2.24) is 19.2 Å². The van der Waals surface area contributed by atoms with Crippen LogP contribution in [0.5, 0.6) is 0 Å². The van der Waals surface area contributed by atoms with E-state index in [4.69, 9.17) is 0 Å². The van der Waals surface area contributed by atoms with Gasteiger partial charge >= 0.3 is 0 Å². The van der Waals surface area contributed by atoms with Gasteiger partial charge in [0.25, 0.3) is 0 Å². The van der Waals surface area contributed by atoms with Crippen LogP contribution in [0.1, 0.15) is 36.4 Å². The van der Waals surface area contributed by atoms with Crippen LogP contribution in [-0.4, -0.2) is 47.9 Å². The van der Waals surface area contributed by atoms with Crippen molar-refractivity contribution < 1.29 is 13.2 Å². The number of amides is 1. The van der Waals surface area contributed by atoms with E-state index in [-0.39, 0.29) is 17.2 Å². The van der Waals surface area contributed by atoms with Gasteiger partial charge in [-0.2, -0.15) is 9.98 Å². The van der Waals surface area contributed by atoms with Gasteiger partial charge in [0.2, 0.25) is 15.9 Å². The van der Waals surface area contributed by atoms with Crippen LogP contribution in [-0.2, 0) is 21.4 Å². The maximum atomic E-state index is 13.7. The molecule has 5 rings (SSSR count). The summed E-state index contributed by atoms with van der Waals surface area (Å²) in [4.78, 5) is 18.6. The smallest absolute Gasteiger partial charge is 0.241 e. The SMILES string of the molecule is N#Cc1cccn1CCC(NS(=O)(=O)c1cccc2[nH]ccc12)C(=O)N1CCC(c2ccccc2)CC1. The normalized spacial score (nSPS) is 15.5. The van der Waals surface area contributed by atoms with Gasteiger partial charge in [-0.3, -0.25) is 4.79 Å². The largest absolute Gasteiger partial charge is 0.361 e. The van der Waals surface area contributed by atoms with Gasteiger partial charge in [0, 0.05) is 42.9 Å². The van der Waals surface area contributed by atoms with Gasteiger partial charge < -0.3 is 14.5 Å². The fourth-order valence-corrected chi connectivity index (χ4v) is 6.58. The molecule has 0 radical (unpaired) electrons. The number of carbonyl (C=O) groups excluding carboxylic acids is 1. The minimum atomic E-state index is -3.99. The molecule has 1 aliphatic heterocycles. The van der Waals surface area contributed by atoms with E-state index in [1.54, 1.807) is 52.2 Å². The lowest BCUT2D eigenvalue weighted by molar-refractivity contribution is -0.134. The van der Waals surface area contributed by atoms with Crippen molar-refractivity contribution in [2.75, 3.05) is 13.1 Å². The second kappa shape index (κ2) is 10.6. The number of rotatable bonds is 8. The van der Waals surface area contributed by atoms with E-state index in [1.807, 2.05) is 24.3 Å². The van der Waals surface area contributed by atoms with E-state index in [0.29, 0.717) is 42.1 Å². The number of hydrogen-bond donors (Lipinski definition) is 2. The minimum absolute atomic E-state index is 0.130. The average molecular weight is 516 g/mol. The number of carbonyl (C=O) groups is 1. The number of aryl methyl sites for hydroxylation is 1. The number of aromatic nitrogens is 2. The Labute approximate surface area is 216 Å². The minimum Gasteiger partial charge on any atom is -0.361 e. The predicted octanol–water partition coefficient (Wildman–Crippen LogP) is 3.98. The van der Waals surface area contributed by atoms with Gasteiger partial charge in [-0.05, 0) is 61.1 Å². The fraction of sp³-hybridized carbons (Fsp3) is 0.286. The molecular weight excluding hydrogens is 486 g/mol. The van der Waals surface area contributed by atoms with Crippen LogP contribution in [0.3, 0.4) is 0 Å². The van der Waals surface area contributed by atoms with Crippen molar-refractivity contribution in [2.24, 2.45) is 0 Å². The van der Waals surface area contributed by atoms with Crippen molar-refractivity contribution in [3.8, 4) is 6.07 Å². The molecule has 1 saturated heterocycles. The Kier molecular flexibility index (Phi) is 7.12. The molecule has 2 aromatic heterocycles. The number of nitrogens with one attached hydrogen (secondary N) is 2. The van der Waals surface area contributed by atoms with Crippen LogP contribution in [0.2, 0.25) is 0 Å². The Bertz CT molecular complexity index is 1530. The highest BCUT2D eigenvalue weighted by atomic mass is 32.2. The molecule has 1 amide bonds. The van der Waals surface area contributed by atoms with E-state index >= 15 is 0 Å². The predicted molar refractivity (Wildman–Crippen MR) is 141 cm³/mol. The molecule has 4 aromatic rings. The number of nitriles is 1. The number of aromatic amines is 1. The van der Waals surface area contributed by atoms with Crippen LogP contribution in [0.25, 0.3) is 10.9 Å². The lowest BCUT2D eigenvalue weighted by atomic mass is 9.89. The molecule has 1 unspecified atom stereocenters. The van der Waals surface area contributed by atoms with Crippen LogP contribution >= 0.6 is 0 Å². The number of sulfonamides is 1. The van der Waals surface area contributed by atoms with Crippen molar-refractivity contribution in [3.05, 3.63) is 90.4 Å². The van der Waals surface area contributed by atoms with Gasteiger partial charge in [-0.25, -0.2) is 8.42 Å². The van der Waals surface area contributed by atoms with Gasteiger partial charge in [-0.1, -0.05) is 36.4 Å². The first-order valence-electron chi connectivity index (χ1n) is 12.4. The van der Waals surface area contributed by atoms with E-state index < -0.39 is 16.1 Å². The average Bonchev–Trinajstić information content (AvgIpc) is 3.60. The van der Waals surface area contributed by atoms with Gasteiger partial charge in [0.15, 0.2) is 0 Å². The molecule has 9 heteroatoms. The summed E-state index contributed by atoms with van der Waals surface area (Å²) in [6.45, 7) is 1.47. The Morgan fingerprint density at radius 3 is 2.59 bits per heavy atom. The summed E-state index contributed by atoms with van der Waals surface area (Å²) < 4.78 is 31.5. The Morgan fingerprint density at radius 2 is 1.84 bits per heavy atom. The molecule has 1 fully saturated rings. The second-order valence-corrected chi connectivity index (χ2v) is 11.0. The Morgan fingerprint density at radius 1 is 1.05 bits per heavy atom. The summed E-state index contributed by atoms with van der Waals surface area (Å²) >= 11 is 0. The van der Waals surface area contributed by atoms with E-state index in [1.165, 1.54) is 5.56 Å². The van der Waals surface area contributed by atoms with Crippen molar-refractivity contribution in [3.63, 3.8) is 0 Å². The number of nitrogens with zero attached hydrogens (tertiary/aromatic N) is 3. The van der Waals surface area contributed by atoms with E-state index in [2.05, 4.69) is 27.9 Å². The quantitative estimate of drug-likeness (QED) is 0.370. The zero-order valence-corrected chi connectivity index (χ0v) is 21.2. The monoisotopic (exact) mass is 515 g/mol. The first-order chi connectivity index (χ1) is 18.0. The van der Waals surface area contributed by atoms with Crippen molar-refractivity contribution in [1.29, 1.82) is 5.26 Å². The molecule has 8 nitrogen and oxygen atoms in total. The third-order valence-corrected chi connectivity index (χ3v) is 8.65. The van der Waals surface area contributed by atoms with Crippen LogP contribution in [0, 0.1) is 11.3 Å². The number of hydrogen-bond acceptors (Lipinski definition) is 4. The van der Waals surface area contributed by atoms with E-state index in [0.717, 1.165) is 12.8 Å². The van der Waals surface area contributed by atoms with Gasteiger partial charge in [-0.15, -0.1) is 0 Å². The summed E-state index contributed by atoms with van der Waals surface area (Å²) in [6.07, 6.45) is 5.34. The third kappa shape index (κ3) is 5.31. The zero-order chi connectivity index (χ0) is 25.8. The number of piperidine rings is 1. The topological polar surface area (TPSA) is 111 Å². The van der Waals surface area contributed by atoms with Gasteiger partial charge in [0.1, 0.15) is 17.8 Å². The van der Waals surface area contributed by atoms with Crippen molar-refractivity contribution >= 4 is 26.8 Å². The van der Waals surface area contributed by atoms with Crippen LogP contribution in [0.15, 0.2) is 84.0 Å². The molecule has 2 aromatic carbocycles. The lowest BCUT2D eigenvalue weighted by Gasteiger charge is -2.34. The Balaban J connectivity index is 1.36. The zero-order valence-electron chi connectivity index (χ0n) is 20.4. The molecule has 37 heavy (non-hydrogen) atoms. The fourth-order valence-electron chi connectivity index (χ4n) is 5.13. The molecule has 1 atom stereocenters. The standard InChI is InChI=1S/C28H29N5O3S/c29-20-23-8-5-16-32(23)19-14-26(31-37(35,36)27-10-4-9-25-24(27)11-15-30-25)28(34)33-17-12-22(13-18-33)21-6-2-1-3-7-21/h1-11,15-16,22,26,30-31H,12-14,17-19H2. The molecule has 0 aliphatic carbocycles. The summed E-state index contributed by atoms with van der Waals surface area (Å²) in [6, 6.07) is 21.7. The molecule has 0 bridgehead atoms. The van der Waals surface area contributed by atoms with Gasteiger partial charge in [0.05, 0.1) is 4.90 Å². The van der Waals surface area contributed by atoms with Crippen molar-refractivity contribution in [2.45, 2.75) is 42.7 Å². The molecule has 2 N–H and O–H groups in total. The summed E-state index contributed by atoms with van der Waals surface area (Å²) in [7, 11) is -3.99. The maximum absolute atomic E-state index is 13.7. The number of likely N-dealkylation sites (tertiary alicyclic amines) is 1. The third-order valence-electron chi connectivity index (χ3n) is 7.12. The number of fused-ring (bicyclic) bond motifs is 1. The lowest BCUT2D eigenvalue weighted by Crippen LogP contribution is -2.50. The summed E-state index contributed by atoms with van der Waals surface area (Å²) in [5, 5.41) is 9.93. The molecule has 0 saturated carbocycles. The highest BCUT2D eigenvalue weighted by Gasteiger charge is 2.32. The molecular formula is C28H29N5O3S. The number of benzene rings is 2.